The Morgan fingerprint density at radius 1 is 1.44 bits per heavy atom. The molecule has 1 fully saturated rings. The molecule has 1 saturated heterocycles. The van der Waals surface area contributed by atoms with Gasteiger partial charge in [-0.3, -0.25) is 4.79 Å². The number of hydrogen-bond donors (Lipinski definition) is 1. The highest BCUT2D eigenvalue weighted by Crippen LogP contribution is 2.27. The molecule has 1 heterocycles. The van der Waals surface area contributed by atoms with E-state index in [0.717, 1.165) is 19.4 Å². The van der Waals surface area contributed by atoms with Gasteiger partial charge in [0.25, 0.3) is 0 Å². The van der Waals surface area contributed by atoms with Gasteiger partial charge < -0.3 is 10.6 Å². The molecule has 1 aliphatic rings. The average molecular weight is 246 g/mol. The zero-order chi connectivity index (χ0) is 13.1. The van der Waals surface area contributed by atoms with Crippen molar-refractivity contribution >= 4 is 5.91 Å². The molecule has 0 unspecified atom stereocenters. The van der Waals surface area contributed by atoms with E-state index in [9.17, 15) is 4.79 Å². The molecule has 3 atom stereocenters. The van der Waals surface area contributed by atoms with Crippen LogP contribution in [0.2, 0.25) is 0 Å². The minimum Gasteiger partial charge on any atom is -0.338 e. The SMILES string of the molecule is C[C@@H](N)C(=O)N1CC[C@H](Cc2ccccc2)[C@@H]1C. The van der Waals surface area contributed by atoms with Crippen LogP contribution >= 0.6 is 0 Å². The summed E-state index contributed by atoms with van der Waals surface area (Å²) in [6, 6.07) is 10.4. The average Bonchev–Trinajstić information content (AvgIpc) is 2.71. The summed E-state index contributed by atoms with van der Waals surface area (Å²) < 4.78 is 0. The van der Waals surface area contributed by atoms with E-state index in [1.165, 1.54) is 5.56 Å². The summed E-state index contributed by atoms with van der Waals surface area (Å²) in [4.78, 5) is 13.9. The summed E-state index contributed by atoms with van der Waals surface area (Å²) >= 11 is 0. The number of hydrogen-bond acceptors (Lipinski definition) is 2. The maximum Gasteiger partial charge on any atom is 0.239 e. The van der Waals surface area contributed by atoms with Gasteiger partial charge in [-0.05, 0) is 38.2 Å². The molecule has 1 aromatic rings. The fraction of sp³-hybridized carbons (Fsp3) is 0.533. The molecule has 0 aliphatic carbocycles. The van der Waals surface area contributed by atoms with E-state index in [0.29, 0.717) is 12.0 Å². The van der Waals surface area contributed by atoms with Crippen LogP contribution in [0.4, 0.5) is 0 Å². The summed E-state index contributed by atoms with van der Waals surface area (Å²) in [6.45, 7) is 4.75. The van der Waals surface area contributed by atoms with Crippen molar-refractivity contribution in [3.05, 3.63) is 35.9 Å². The van der Waals surface area contributed by atoms with Crippen molar-refractivity contribution in [3.8, 4) is 0 Å². The van der Waals surface area contributed by atoms with Crippen LogP contribution in [0.5, 0.6) is 0 Å². The lowest BCUT2D eigenvalue weighted by atomic mass is 9.93. The molecule has 18 heavy (non-hydrogen) atoms. The second kappa shape index (κ2) is 5.53. The van der Waals surface area contributed by atoms with Gasteiger partial charge in [-0.2, -0.15) is 0 Å². The van der Waals surface area contributed by atoms with Gasteiger partial charge in [-0.1, -0.05) is 30.3 Å². The van der Waals surface area contributed by atoms with Crippen LogP contribution in [-0.2, 0) is 11.2 Å². The Labute approximate surface area is 109 Å². The van der Waals surface area contributed by atoms with Crippen LogP contribution in [0.3, 0.4) is 0 Å². The largest absolute Gasteiger partial charge is 0.338 e. The monoisotopic (exact) mass is 246 g/mol. The van der Waals surface area contributed by atoms with Crippen molar-refractivity contribution in [1.82, 2.24) is 4.90 Å². The molecule has 1 aliphatic heterocycles. The first-order valence-electron chi connectivity index (χ1n) is 6.69. The van der Waals surface area contributed by atoms with Crippen molar-refractivity contribution in [2.75, 3.05) is 6.54 Å². The molecule has 0 spiro atoms. The molecule has 0 saturated carbocycles. The topological polar surface area (TPSA) is 46.3 Å². The normalized spacial score (nSPS) is 25.2. The molecular weight excluding hydrogens is 224 g/mol. The van der Waals surface area contributed by atoms with Gasteiger partial charge in [0, 0.05) is 12.6 Å². The van der Waals surface area contributed by atoms with Gasteiger partial charge in [-0.15, -0.1) is 0 Å². The van der Waals surface area contributed by atoms with Crippen molar-refractivity contribution in [3.63, 3.8) is 0 Å². The lowest BCUT2D eigenvalue weighted by molar-refractivity contribution is -0.133. The minimum absolute atomic E-state index is 0.0815. The van der Waals surface area contributed by atoms with E-state index >= 15 is 0 Å². The predicted octanol–water partition coefficient (Wildman–Crippen LogP) is 1.81. The highest BCUT2D eigenvalue weighted by atomic mass is 16.2. The first-order chi connectivity index (χ1) is 8.59. The molecule has 3 nitrogen and oxygen atoms in total. The number of amides is 1. The predicted molar refractivity (Wildman–Crippen MR) is 73.1 cm³/mol. The number of likely N-dealkylation sites (tertiary alicyclic amines) is 1. The molecule has 0 radical (unpaired) electrons. The van der Waals surface area contributed by atoms with Crippen LogP contribution in [0.25, 0.3) is 0 Å². The van der Waals surface area contributed by atoms with E-state index in [-0.39, 0.29) is 11.9 Å². The van der Waals surface area contributed by atoms with Crippen molar-refractivity contribution in [2.45, 2.75) is 38.8 Å². The Hall–Kier alpha value is -1.35. The van der Waals surface area contributed by atoms with Crippen molar-refractivity contribution in [2.24, 2.45) is 11.7 Å². The van der Waals surface area contributed by atoms with E-state index in [4.69, 9.17) is 5.73 Å². The molecule has 2 rings (SSSR count). The zero-order valence-corrected chi connectivity index (χ0v) is 11.2. The third kappa shape index (κ3) is 2.72. The molecule has 1 amide bonds. The Kier molecular flexibility index (Phi) is 4.02. The first kappa shape index (κ1) is 13.1. The summed E-state index contributed by atoms with van der Waals surface area (Å²) in [5.74, 6) is 0.633. The van der Waals surface area contributed by atoms with Crippen LogP contribution in [0, 0.1) is 5.92 Å². The maximum absolute atomic E-state index is 12.0. The maximum atomic E-state index is 12.0. The van der Waals surface area contributed by atoms with Gasteiger partial charge in [0.15, 0.2) is 0 Å². The minimum atomic E-state index is -0.386. The van der Waals surface area contributed by atoms with Crippen LogP contribution in [0.15, 0.2) is 30.3 Å². The lowest BCUT2D eigenvalue weighted by Crippen LogP contribution is -2.44. The third-order valence-corrected chi connectivity index (χ3v) is 3.93. The summed E-state index contributed by atoms with van der Waals surface area (Å²) in [5.41, 5.74) is 7.04. The number of nitrogens with two attached hydrogens (primary N) is 1. The Morgan fingerprint density at radius 3 is 2.72 bits per heavy atom. The van der Waals surface area contributed by atoms with E-state index in [1.807, 2.05) is 11.0 Å². The molecule has 1 aromatic carbocycles. The second-order valence-corrected chi connectivity index (χ2v) is 5.30. The highest BCUT2D eigenvalue weighted by Gasteiger charge is 2.34. The summed E-state index contributed by atoms with van der Waals surface area (Å²) in [7, 11) is 0. The Bertz CT molecular complexity index is 402. The molecular formula is C15H22N2O. The smallest absolute Gasteiger partial charge is 0.239 e. The number of benzene rings is 1. The van der Waals surface area contributed by atoms with Gasteiger partial charge >= 0.3 is 0 Å². The third-order valence-electron chi connectivity index (χ3n) is 3.93. The number of carbonyl (C=O) groups is 1. The standard InChI is InChI=1S/C15H22N2O/c1-11(16)15(18)17-9-8-14(12(17)2)10-13-6-4-3-5-7-13/h3-7,11-12,14H,8-10,16H2,1-2H3/t11-,12+,14-/m1/s1. The lowest BCUT2D eigenvalue weighted by Gasteiger charge is -2.26. The van der Waals surface area contributed by atoms with Gasteiger partial charge in [0.2, 0.25) is 5.91 Å². The number of rotatable bonds is 3. The van der Waals surface area contributed by atoms with Crippen molar-refractivity contribution < 1.29 is 4.79 Å². The van der Waals surface area contributed by atoms with E-state index < -0.39 is 0 Å². The number of carbonyl (C=O) groups excluding carboxylic acids is 1. The Balaban J connectivity index is 1.99. The fourth-order valence-electron chi connectivity index (χ4n) is 2.77. The fourth-order valence-corrected chi connectivity index (χ4v) is 2.77. The second-order valence-electron chi connectivity index (χ2n) is 5.30. The van der Waals surface area contributed by atoms with Crippen LogP contribution < -0.4 is 5.73 Å². The van der Waals surface area contributed by atoms with Crippen LogP contribution in [0.1, 0.15) is 25.8 Å². The molecule has 3 heteroatoms. The Morgan fingerprint density at radius 2 is 2.11 bits per heavy atom. The van der Waals surface area contributed by atoms with Gasteiger partial charge in [0.05, 0.1) is 6.04 Å². The first-order valence-corrected chi connectivity index (χ1v) is 6.69. The van der Waals surface area contributed by atoms with Gasteiger partial charge in [-0.25, -0.2) is 0 Å². The molecule has 2 N–H and O–H groups in total. The van der Waals surface area contributed by atoms with Crippen molar-refractivity contribution in [1.29, 1.82) is 0 Å². The highest BCUT2D eigenvalue weighted by molar-refractivity contribution is 5.81. The van der Waals surface area contributed by atoms with E-state index in [1.54, 1.807) is 6.92 Å². The van der Waals surface area contributed by atoms with E-state index in [2.05, 4.69) is 31.2 Å². The number of nitrogens with zero attached hydrogens (tertiary/aromatic N) is 1. The zero-order valence-electron chi connectivity index (χ0n) is 11.2. The quantitative estimate of drug-likeness (QED) is 0.884. The summed E-state index contributed by atoms with van der Waals surface area (Å²) in [5, 5.41) is 0. The van der Waals surface area contributed by atoms with Gasteiger partial charge in [0.1, 0.15) is 0 Å². The summed E-state index contributed by atoms with van der Waals surface area (Å²) in [6.07, 6.45) is 2.12. The molecule has 98 valence electrons. The van der Waals surface area contributed by atoms with Crippen LogP contribution in [-0.4, -0.2) is 29.4 Å². The molecule has 0 bridgehead atoms. The molecule has 0 aromatic heterocycles.